The van der Waals surface area contributed by atoms with Gasteiger partial charge in [0.05, 0.1) is 6.04 Å². The van der Waals surface area contributed by atoms with E-state index >= 15 is 0 Å². The van der Waals surface area contributed by atoms with Crippen molar-refractivity contribution in [3.05, 3.63) is 0 Å². The molecule has 7 nitrogen and oxygen atoms in total. The second-order valence-corrected chi connectivity index (χ2v) is 6.73. The Morgan fingerprint density at radius 3 is 2.33 bits per heavy atom. The van der Waals surface area contributed by atoms with Crippen molar-refractivity contribution in [3.8, 4) is 0 Å². The zero-order valence-corrected chi connectivity index (χ0v) is 15.9. The molecule has 7 heteroatoms. The number of likely N-dealkylation sites (N-methyl/N-ethyl adjacent to an activating group) is 2. The highest BCUT2D eigenvalue weighted by Gasteiger charge is 2.14. The van der Waals surface area contributed by atoms with Crippen molar-refractivity contribution in [3.63, 3.8) is 0 Å². The average Bonchev–Trinajstić information content (AvgIpc) is 2.54. The molecule has 0 saturated carbocycles. The summed E-state index contributed by atoms with van der Waals surface area (Å²) in [5.41, 5.74) is 5.83. The summed E-state index contributed by atoms with van der Waals surface area (Å²) >= 11 is 0. The molecular formula is C17H37N5O2. The van der Waals surface area contributed by atoms with Gasteiger partial charge in [-0.25, -0.2) is 0 Å². The molecule has 2 amide bonds. The summed E-state index contributed by atoms with van der Waals surface area (Å²) in [4.78, 5) is 25.7. The predicted molar refractivity (Wildman–Crippen MR) is 98.7 cm³/mol. The molecular weight excluding hydrogens is 306 g/mol. The molecule has 0 aliphatic rings. The van der Waals surface area contributed by atoms with Crippen LogP contribution in [-0.2, 0) is 9.59 Å². The Morgan fingerprint density at radius 1 is 1.04 bits per heavy atom. The summed E-state index contributed by atoms with van der Waals surface area (Å²) in [6, 6.07) is -0.617. The summed E-state index contributed by atoms with van der Waals surface area (Å²) in [7, 11) is 3.93. The zero-order valence-electron chi connectivity index (χ0n) is 15.9. The van der Waals surface area contributed by atoms with Crippen LogP contribution in [0.25, 0.3) is 0 Å². The number of nitrogens with two attached hydrogens (primary N) is 1. The van der Waals surface area contributed by atoms with Gasteiger partial charge in [-0.2, -0.15) is 0 Å². The first kappa shape index (κ1) is 22.8. The van der Waals surface area contributed by atoms with E-state index < -0.39 is 6.04 Å². The minimum atomic E-state index is -0.617. The first-order valence-electron chi connectivity index (χ1n) is 9.00. The van der Waals surface area contributed by atoms with Crippen molar-refractivity contribution in [2.45, 2.75) is 45.6 Å². The largest absolute Gasteiger partial charge is 0.355 e. The van der Waals surface area contributed by atoms with E-state index in [1.54, 1.807) is 0 Å². The summed E-state index contributed by atoms with van der Waals surface area (Å²) in [6.07, 6.45) is 2.69. The van der Waals surface area contributed by atoms with E-state index in [0.29, 0.717) is 25.4 Å². The van der Waals surface area contributed by atoms with E-state index in [4.69, 9.17) is 5.73 Å². The molecule has 24 heavy (non-hydrogen) atoms. The molecule has 0 saturated heterocycles. The fourth-order valence-corrected chi connectivity index (χ4v) is 2.16. The van der Waals surface area contributed by atoms with E-state index in [1.165, 1.54) is 0 Å². The lowest BCUT2D eigenvalue weighted by Crippen LogP contribution is -2.42. The van der Waals surface area contributed by atoms with Crippen LogP contribution in [0.1, 0.15) is 39.5 Å². The number of nitrogens with zero attached hydrogens (tertiary/aromatic N) is 1. The topological polar surface area (TPSA) is 99.5 Å². The monoisotopic (exact) mass is 343 g/mol. The number of hydrogen-bond donors (Lipinski definition) is 4. The Balaban J connectivity index is 3.71. The van der Waals surface area contributed by atoms with Crippen LogP contribution in [0.2, 0.25) is 0 Å². The van der Waals surface area contributed by atoms with Crippen LogP contribution in [0, 0.1) is 5.92 Å². The molecule has 0 rings (SSSR count). The van der Waals surface area contributed by atoms with Crippen molar-refractivity contribution >= 4 is 11.8 Å². The summed E-state index contributed by atoms with van der Waals surface area (Å²) in [6.45, 7) is 8.23. The molecule has 142 valence electrons. The summed E-state index contributed by atoms with van der Waals surface area (Å²) in [5.74, 6) is 0.412. The quantitative estimate of drug-likeness (QED) is 0.331. The van der Waals surface area contributed by atoms with Crippen molar-refractivity contribution < 1.29 is 9.59 Å². The summed E-state index contributed by atoms with van der Waals surface area (Å²) < 4.78 is 0. The van der Waals surface area contributed by atoms with E-state index in [2.05, 4.69) is 34.7 Å². The smallest absolute Gasteiger partial charge is 0.236 e. The van der Waals surface area contributed by atoms with Crippen LogP contribution in [0.15, 0.2) is 0 Å². The number of rotatable bonds is 14. The molecule has 1 atom stereocenters. The van der Waals surface area contributed by atoms with Crippen molar-refractivity contribution in [1.29, 1.82) is 0 Å². The maximum Gasteiger partial charge on any atom is 0.236 e. The lowest BCUT2D eigenvalue weighted by Gasteiger charge is -2.17. The van der Waals surface area contributed by atoms with E-state index in [-0.39, 0.29) is 18.2 Å². The van der Waals surface area contributed by atoms with Gasteiger partial charge in [-0.3, -0.25) is 9.59 Å². The standard InChI is InChI=1S/C17H37N5O2/c1-14(2)6-5-9-21-17(24)15(18)7-8-16(23)20-11-13-22(4)12-10-19-3/h14-15,19H,5-13,18H2,1-4H3,(H,20,23)(H,21,24)/t15-/m1/s1. The lowest BCUT2D eigenvalue weighted by molar-refractivity contribution is -0.123. The van der Waals surface area contributed by atoms with Gasteiger partial charge in [0.1, 0.15) is 0 Å². The highest BCUT2D eigenvalue weighted by Crippen LogP contribution is 2.02. The molecule has 0 aromatic rings. The third-order valence-corrected chi connectivity index (χ3v) is 3.84. The van der Waals surface area contributed by atoms with Crippen molar-refractivity contribution in [2.24, 2.45) is 11.7 Å². The number of hydrogen-bond acceptors (Lipinski definition) is 5. The maximum atomic E-state index is 11.8. The van der Waals surface area contributed by atoms with Crippen LogP contribution in [0.4, 0.5) is 0 Å². The Labute approximate surface area is 147 Å². The van der Waals surface area contributed by atoms with Crippen molar-refractivity contribution in [2.75, 3.05) is 46.8 Å². The van der Waals surface area contributed by atoms with Gasteiger partial charge in [0.25, 0.3) is 0 Å². The first-order chi connectivity index (χ1) is 11.4. The van der Waals surface area contributed by atoms with Crippen LogP contribution in [0.5, 0.6) is 0 Å². The van der Waals surface area contributed by atoms with E-state index in [0.717, 1.165) is 32.5 Å². The fraction of sp³-hybridized carbons (Fsp3) is 0.882. The van der Waals surface area contributed by atoms with Gasteiger partial charge in [-0.1, -0.05) is 13.8 Å². The molecule has 0 aliphatic carbocycles. The van der Waals surface area contributed by atoms with Gasteiger partial charge in [-0.05, 0) is 39.3 Å². The van der Waals surface area contributed by atoms with Crippen LogP contribution in [0.3, 0.4) is 0 Å². The van der Waals surface area contributed by atoms with E-state index in [1.807, 2.05) is 14.1 Å². The molecule has 0 bridgehead atoms. The third kappa shape index (κ3) is 13.3. The predicted octanol–water partition coefficient (Wildman–Crippen LogP) is -0.0863. The minimum Gasteiger partial charge on any atom is -0.355 e. The highest BCUT2D eigenvalue weighted by molar-refractivity contribution is 5.82. The molecule has 0 aromatic carbocycles. The number of nitrogens with one attached hydrogen (secondary N) is 3. The zero-order chi connectivity index (χ0) is 18.4. The van der Waals surface area contributed by atoms with Crippen molar-refractivity contribution in [1.82, 2.24) is 20.9 Å². The fourth-order valence-electron chi connectivity index (χ4n) is 2.16. The first-order valence-corrected chi connectivity index (χ1v) is 9.00. The average molecular weight is 344 g/mol. The van der Waals surface area contributed by atoms with Crippen LogP contribution < -0.4 is 21.7 Å². The molecule has 0 fully saturated rings. The molecule has 0 unspecified atom stereocenters. The molecule has 5 N–H and O–H groups in total. The van der Waals surface area contributed by atoms with Gasteiger partial charge in [-0.15, -0.1) is 0 Å². The number of carbonyl (C=O) groups is 2. The van der Waals surface area contributed by atoms with Gasteiger partial charge in [0, 0.05) is 39.1 Å². The number of amides is 2. The Bertz CT molecular complexity index is 350. The molecule has 0 heterocycles. The Kier molecular flexibility index (Phi) is 13.5. The van der Waals surface area contributed by atoms with Gasteiger partial charge in [0.15, 0.2) is 0 Å². The second-order valence-electron chi connectivity index (χ2n) is 6.73. The minimum absolute atomic E-state index is 0.0555. The Morgan fingerprint density at radius 2 is 1.71 bits per heavy atom. The normalized spacial score (nSPS) is 12.5. The molecule has 0 aromatic heterocycles. The van der Waals surface area contributed by atoms with Gasteiger partial charge in [0.2, 0.25) is 11.8 Å². The number of carbonyl (C=O) groups excluding carboxylic acids is 2. The molecule has 0 aliphatic heterocycles. The summed E-state index contributed by atoms with van der Waals surface area (Å²) in [5, 5.41) is 8.78. The highest BCUT2D eigenvalue weighted by atomic mass is 16.2. The van der Waals surface area contributed by atoms with Gasteiger partial charge < -0.3 is 26.6 Å². The van der Waals surface area contributed by atoms with Gasteiger partial charge >= 0.3 is 0 Å². The van der Waals surface area contributed by atoms with E-state index in [9.17, 15) is 9.59 Å². The second kappa shape index (κ2) is 14.2. The molecule has 0 radical (unpaired) electrons. The SMILES string of the molecule is CNCCN(C)CCNC(=O)CC[C@@H](N)C(=O)NCCCC(C)C. The Hall–Kier alpha value is -1.18. The molecule has 0 spiro atoms. The lowest BCUT2D eigenvalue weighted by atomic mass is 10.1. The maximum absolute atomic E-state index is 11.8. The third-order valence-electron chi connectivity index (χ3n) is 3.84. The van der Waals surface area contributed by atoms with Crippen LogP contribution in [-0.4, -0.2) is 69.6 Å². The van der Waals surface area contributed by atoms with Crippen LogP contribution >= 0.6 is 0 Å².